The number of aryl methyl sites for hydroxylation is 1. The molecule has 1 heterocycles. The van der Waals surface area contributed by atoms with Crippen LogP contribution in [0.25, 0.3) is 0 Å². The number of nitrogens with one attached hydrogen (secondary N) is 2. The third-order valence-corrected chi connectivity index (χ3v) is 6.67. The third-order valence-electron chi connectivity index (χ3n) is 6.67. The van der Waals surface area contributed by atoms with Crippen molar-refractivity contribution in [3.63, 3.8) is 0 Å². The number of carbonyl (C=O) groups excluding carboxylic acids is 3. The van der Waals surface area contributed by atoms with Gasteiger partial charge in [-0.05, 0) is 50.8 Å². The Balaban J connectivity index is 1.90. The number of benzene rings is 1. The largest absolute Gasteiger partial charge is 0.403 e. The molecule has 0 unspecified atom stereocenters. The van der Waals surface area contributed by atoms with E-state index in [2.05, 4.69) is 5.32 Å². The number of hydrogen-bond donors (Lipinski definition) is 3. The van der Waals surface area contributed by atoms with Gasteiger partial charge >= 0.3 is 18.0 Å². The first kappa shape index (κ1) is 27.0. The lowest BCUT2D eigenvalue weighted by Gasteiger charge is -2.46. The Labute approximate surface area is 207 Å². The molecule has 0 bridgehead atoms. The predicted octanol–water partition coefficient (Wildman–Crippen LogP) is 2.95. The number of nitrogens with zero attached hydrogens (tertiary/aromatic N) is 2. The van der Waals surface area contributed by atoms with Crippen molar-refractivity contribution in [1.82, 2.24) is 15.1 Å². The van der Waals surface area contributed by atoms with E-state index in [0.717, 1.165) is 18.0 Å². The average Bonchev–Trinajstić information content (AvgIpc) is 3.65. The number of alkyl halides is 3. The fourth-order valence-corrected chi connectivity index (χ4v) is 4.30. The quantitative estimate of drug-likeness (QED) is 0.324. The highest BCUT2D eigenvalue weighted by atomic mass is 19.4. The fourth-order valence-electron chi connectivity index (χ4n) is 4.30. The zero-order chi connectivity index (χ0) is 26.8. The molecule has 1 saturated carbocycles. The van der Waals surface area contributed by atoms with E-state index in [0.29, 0.717) is 11.1 Å². The van der Waals surface area contributed by atoms with Gasteiger partial charge in [0.05, 0.1) is 11.7 Å². The summed E-state index contributed by atoms with van der Waals surface area (Å²) >= 11 is 0. The van der Waals surface area contributed by atoms with E-state index in [1.54, 1.807) is 38.1 Å². The number of halogens is 3. The first-order chi connectivity index (χ1) is 16.8. The van der Waals surface area contributed by atoms with Crippen molar-refractivity contribution < 1.29 is 27.6 Å². The number of hydrogen-bond acceptors (Lipinski definition) is 5. The molecule has 1 aliphatic heterocycles. The Bertz CT molecular complexity index is 1110. The van der Waals surface area contributed by atoms with Gasteiger partial charge in [-0.1, -0.05) is 29.8 Å². The highest BCUT2D eigenvalue weighted by Crippen LogP contribution is 2.59. The molecule has 36 heavy (non-hydrogen) atoms. The molecule has 2 aliphatic rings. The van der Waals surface area contributed by atoms with Crippen molar-refractivity contribution in [3.8, 4) is 0 Å². The standard InChI is InChI=1S/C25H30F3N5O3/c1-15-4-6-18(7-5-15)20-14-32(23(36)24(8-9-24)25(26,27)28)17(3)13-33(20)22(35)21(34)31-19(12-30)10-16(2)11-29/h4-7,10-12,17,20,29H,8-9,13-14,30H2,1-3H3,(H,31,34)/b16-10-,19-12+,29-11?/t17-,20-/m1/s1. The molecule has 1 aliphatic carbocycles. The van der Waals surface area contributed by atoms with Gasteiger partial charge in [0, 0.05) is 31.5 Å². The van der Waals surface area contributed by atoms with Gasteiger partial charge in [-0.25, -0.2) is 0 Å². The van der Waals surface area contributed by atoms with Crippen molar-refractivity contribution in [1.29, 1.82) is 5.41 Å². The molecule has 1 saturated heterocycles. The summed E-state index contributed by atoms with van der Waals surface area (Å²) in [5, 5.41) is 9.66. The second-order valence-corrected chi connectivity index (χ2v) is 9.38. The van der Waals surface area contributed by atoms with Crippen LogP contribution >= 0.6 is 0 Å². The van der Waals surface area contributed by atoms with E-state index in [-0.39, 0.29) is 31.6 Å². The van der Waals surface area contributed by atoms with E-state index in [1.165, 1.54) is 15.9 Å². The first-order valence-corrected chi connectivity index (χ1v) is 11.5. The summed E-state index contributed by atoms with van der Waals surface area (Å²) < 4.78 is 41.0. The Morgan fingerprint density at radius 1 is 1.14 bits per heavy atom. The van der Waals surface area contributed by atoms with Crippen LogP contribution in [0.2, 0.25) is 0 Å². The van der Waals surface area contributed by atoms with Crippen molar-refractivity contribution in [2.75, 3.05) is 13.1 Å². The summed E-state index contributed by atoms with van der Waals surface area (Å²) in [5.41, 5.74) is 5.29. The molecule has 0 aromatic heterocycles. The molecule has 3 amide bonds. The Morgan fingerprint density at radius 2 is 1.75 bits per heavy atom. The maximum atomic E-state index is 13.7. The minimum atomic E-state index is -4.65. The summed E-state index contributed by atoms with van der Waals surface area (Å²) in [4.78, 5) is 41.6. The maximum Gasteiger partial charge on any atom is 0.403 e. The lowest BCUT2D eigenvalue weighted by Crippen LogP contribution is -2.60. The van der Waals surface area contributed by atoms with E-state index in [4.69, 9.17) is 11.1 Å². The molecule has 3 rings (SSSR count). The van der Waals surface area contributed by atoms with Crippen LogP contribution in [-0.2, 0) is 14.4 Å². The summed E-state index contributed by atoms with van der Waals surface area (Å²) in [6.45, 7) is 4.75. The van der Waals surface area contributed by atoms with Gasteiger partial charge in [0.1, 0.15) is 5.41 Å². The average molecular weight is 506 g/mol. The smallest absolute Gasteiger partial charge is 0.403 e. The second kappa shape index (κ2) is 10.2. The summed E-state index contributed by atoms with van der Waals surface area (Å²) in [5.74, 6) is -2.88. The van der Waals surface area contributed by atoms with E-state index in [1.807, 2.05) is 6.92 Å². The molecule has 4 N–H and O–H groups in total. The normalized spacial score (nSPS) is 22.2. The maximum absolute atomic E-state index is 13.7. The Kier molecular flexibility index (Phi) is 7.61. The molecule has 2 atom stereocenters. The van der Waals surface area contributed by atoms with E-state index >= 15 is 0 Å². The molecule has 8 nitrogen and oxygen atoms in total. The van der Waals surface area contributed by atoms with Crippen molar-refractivity contribution in [2.45, 2.75) is 51.9 Å². The second-order valence-electron chi connectivity index (χ2n) is 9.38. The molecule has 0 radical (unpaired) electrons. The highest BCUT2D eigenvalue weighted by molar-refractivity contribution is 6.35. The van der Waals surface area contributed by atoms with Crippen molar-refractivity contribution in [3.05, 3.63) is 58.9 Å². The molecular formula is C25H30F3N5O3. The van der Waals surface area contributed by atoms with Crippen molar-refractivity contribution >= 4 is 23.9 Å². The number of allylic oxidation sites excluding steroid dienone is 2. The van der Waals surface area contributed by atoms with Crippen LogP contribution in [0.3, 0.4) is 0 Å². The van der Waals surface area contributed by atoms with Crippen molar-refractivity contribution in [2.24, 2.45) is 11.1 Å². The van der Waals surface area contributed by atoms with Crippen LogP contribution in [0.1, 0.15) is 43.9 Å². The molecule has 11 heteroatoms. The zero-order valence-electron chi connectivity index (χ0n) is 20.4. The molecule has 2 fully saturated rings. The molecular weight excluding hydrogens is 475 g/mol. The van der Waals surface area contributed by atoms with E-state index < -0.39 is 41.4 Å². The molecule has 1 aromatic rings. The SMILES string of the molecule is C/C(C=N)=C/C(=C\N)NC(=O)C(=O)N1C[C@@H](C)N(C(=O)C2(C(F)(F)F)CC2)C[C@@H]1c1ccc(C)cc1. The summed E-state index contributed by atoms with van der Waals surface area (Å²) in [7, 11) is 0. The third kappa shape index (κ3) is 5.29. The number of rotatable bonds is 5. The molecule has 194 valence electrons. The van der Waals surface area contributed by atoms with Gasteiger partial charge in [0.2, 0.25) is 5.91 Å². The predicted molar refractivity (Wildman–Crippen MR) is 127 cm³/mol. The highest BCUT2D eigenvalue weighted by Gasteiger charge is 2.70. The van der Waals surface area contributed by atoms with Crippen LogP contribution in [0.15, 0.2) is 47.8 Å². The Hall–Kier alpha value is -3.63. The van der Waals surface area contributed by atoms with Gasteiger partial charge in [0.25, 0.3) is 0 Å². The number of piperazine rings is 1. The summed E-state index contributed by atoms with van der Waals surface area (Å²) in [6, 6.07) is 5.49. The van der Waals surface area contributed by atoms with Crippen LogP contribution in [0.4, 0.5) is 13.2 Å². The first-order valence-electron chi connectivity index (χ1n) is 11.5. The fraction of sp³-hybridized carbons (Fsp3) is 0.440. The monoisotopic (exact) mass is 505 g/mol. The van der Waals surface area contributed by atoms with E-state index in [9.17, 15) is 27.6 Å². The lowest BCUT2D eigenvalue weighted by molar-refractivity contribution is -0.201. The minimum absolute atomic E-state index is 0.115. The molecule has 1 aromatic carbocycles. The topological polar surface area (TPSA) is 120 Å². The van der Waals surface area contributed by atoms with Crippen LogP contribution < -0.4 is 11.1 Å². The van der Waals surface area contributed by atoms with Crippen LogP contribution in [-0.4, -0.2) is 59.0 Å². The van der Waals surface area contributed by atoms with Crippen LogP contribution in [0, 0.1) is 17.7 Å². The summed E-state index contributed by atoms with van der Waals surface area (Å²) in [6.07, 6.45) is -1.60. The van der Waals surface area contributed by atoms with Gasteiger partial charge in [-0.2, -0.15) is 13.2 Å². The number of amides is 3. The minimum Gasteiger partial charge on any atom is -0.403 e. The lowest BCUT2D eigenvalue weighted by atomic mass is 9.95. The number of carbonyl (C=O) groups is 3. The molecule has 0 spiro atoms. The van der Waals surface area contributed by atoms with Crippen LogP contribution in [0.5, 0.6) is 0 Å². The van der Waals surface area contributed by atoms with Gasteiger partial charge in [0.15, 0.2) is 0 Å². The van der Waals surface area contributed by atoms with Gasteiger partial charge in [-0.3, -0.25) is 14.4 Å². The van der Waals surface area contributed by atoms with Gasteiger partial charge < -0.3 is 26.3 Å². The zero-order valence-corrected chi connectivity index (χ0v) is 20.4. The van der Waals surface area contributed by atoms with Gasteiger partial charge in [-0.15, -0.1) is 0 Å². The Morgan fingerprint density at radius 3 is 2.25 bits per heavy atom. The number of nitrogens with two attached hydrogens (primary N) is 1.